The van der Waals surface area contributed by atoms with Gasteiger partial charge in [-0.15, -0.1) is 0 Å². The predicted octanol–water partition coefficient (Wildman–Crippen LogP) is 12.3. The van der Waals surface area contributed by atoms with Gasteiger partial charge >= 0.3 is 0 Å². The highest BCUT2D eigenvalue weighted by Gasteiger charge is 2.21. The van der Waals surface area contributed by atoms with E-state index in [0.29, 0.717) is 45.2 Å². The molecule has 0 N–H and O–H groups in total. The van der Waals surface area contributed by atoms with Gasteiger partial charge < -0.3 is 4.74 Å². The van der Waals surface area contributed by atoms with E-state index in [1.54, 1.807) is 70.1 Å². The maximum atomic E-state index is 8.99. The van der Waals surface area contributed by atoms with Crippen molar-refractivity contribution in [1.82, 2.24) is 19.1 Å². The first-order valence-electron chi connectivity index (χ1n) is 24.7. The van der Waals surface area contributed by atoms with Gasteiger partial charge in [-0.3, -0.25) is 13.7 Å². The van der Waals surface area contributed by atoms with Crippen LogP contribution in [0.1, 0.15) is 42.8 Å². The summed E-state index contributed by atoms with van der Waals surface area (Å²) in [6.45, 7) is 5.58. The molecule has 0 radical (unpaired) electrons. The molecule has 6 heteroatoms. The van der Waals surface area contributed by atoms with E-state index >= 15 is 0 Å². The van der Waals surface area contributed by atoms with Gasteiger partial charge in [0, 0.05) is 32.0 Å². The van der Waals surface area contributed by atoms with Crippen LogP contribution in [0.15, 0.2) is 182 Å². The topological polar surface area (TPSA) is 48.8 Å². The van der Waals surface area contributed by atoms with E-state index < -0.39 is 72.2 Å². The number of hydrogen-bond acceptors (Lipinski definition) is 3. The molecule has 0 saturated carbocycles. The lowest BCUT2D eigenvalue weighted by molar-refractivity contribution is -0.571. The molecule has 0 aliphatic rings. The highest BCUT2D eigenvalue weighted by atomic mass is 16.5. The van der Waals surface area contributed by atoms with Crippen molar-refractivity contribution >= 4 is 33.0 Å². The van der Waals surface area contributed by atoms with Crippen LogP contribution in [-0.2, 0) is 6.37 Å². The van der Waals surface area contributed by atoms with Gasteiger partial charge in [-0.2, -0.15) is 0 Å². The Kier molecular flexibility index (Phi) is 6.01. The average Bonchev–Trinajstić information content (AvgIpc) is 3.90. The summed E-state index contributed by atoms with van der Waals surface area (Å²) in [7, 11) is 0. The van der Waals surface area contributed by atoms with Gasteiger partial charge in [0.25, 0.3) is 6.33 Å². The molecule has 0 fully saturated rings. The first-order valence-corrected chi connectivity index (χ1v) is 18.7. The molecule has 0 spiro atoms. The van der Waals surface area contributed by atoms with E-state index in [4.69, 9.17) is 31.2 Å². The van der Waals surface area contributed by atoms with Crippen LogP contribution in [0.3, 0.4) is 0 Å². The maximum absolute atomic E-state index is 8.99. The Bertz CT molecular complexity index is 3660. The Labute approximate surface area is 354 Å². The van der Waals surface area contributed by atoms with Gasteiger partial charge in [-0.25, -0.2) is 9.97 Å². The van der Waals surface area contributed by atoms with E-state index in [1.807, 2.05) is 86.0 Å². The molecule has 6 nitrogen and oxygen atoms in total. The van der Waals surface area contributed by atoms with Crippen LogP contribution in [-0.4, -0.2) is 19.1 Å². The standard InChI is InChI=1S/C52H41N5O/c1-52(2,3)34-36-28-30-53-49(31-36)57-48-33-41(26-27-44(48)45-23-14-29-54-51(45)57)58-40-20-12-19-39(32-40)55-35-56(47-25-11-10-24-46(47)55)50-42(37-15-6-4-7-16-37)21-13-22-43(50)38-17-8-5-9-18-38/h4-33H,34H2,1-3H3/i4D,5D,6D,7D,8D,9D,15D,16D,17D,18D,34D2. The van der Waals surface area contributed by atoms with Crippen molar-refractivity contribution in [3.05, 3.63) is 194 Å². The zero-order valence-electron chi connectivity index (χ0n) is 43.7. The molecule has 58 heavy (non-hydrogen) atoms. The minimum atomic E-state index is -1.67. The van der Waals surface area contributed by atoms with Crippen molar-refractivity contribution < 1.29 is 25.8 Å². The molecule has 0 saturated heterocycles. The predicted molar refractivity (Wildman–Crippen MR) is 234 cm³/mol. The maximum Gasteiger partial charge on any atom is 0.269 e. The van der Waals surface area contributed by atoms with E-state index in [9.17, 15) is 0 Å². The van der Waals surface area contributed by atoms with Crippen LogP contribution in [0, 0.1) is 11.7 Å². The third-order valence-electron chi connectivity index (χ3n) is 9.67. The number of benzene rings is 6. The van der Waals surface area contributed by atoms with Crippen LogP contribution >= 0.6 is 0 Å². The lowest BCUT2D eigenvalue weighted by Crippen LogP contribution is -2.31. The summed E-state index contributed by atoms with van der Waals surface area (Å²) >= 11 is 0. The second-order valence-corrected chi connectivity index (χ2v) is 14.7. The third-order valence-corrected chi connectivity index (χ3v) is 9.67. The SMILES string of the molecule is [2H]c1c([2H])c([2H])c(-c2cccc(-c3c([2H])c([2H])c([2H])c([2H])c3[2H])c2-[n+]2[c-]n(-c3cccc(Oc4ccc5c6cccnc6n(-c6cc(C([2H])([2H])C(C)(C)C)ccn6)c5c4)c3)c3ccccc32)c([2H])c1[2H]. The number of hydrogen-bond donors (Lipinski definition) is 0. The zero-order valence-corrected chi connectivity index (χ0v) is 31.7. The Balaban J connectivity index is 1.13. The van der Waals surface area contributed by atoms with E-state index in [0.717, 1.165) is 16.3 Å². The number of nitrogens with zero attached hydrogens (tertiary/aromatic N) is 5. The largest absolute Gasteiger partial charge is 0.458 e. The van der Waals surface area contributed by atoms with Gasteiger partial charge in [0.15, 0.2) is 0 Å². The molecule has 0 aliphatic heterocycles. The molecule has 0 aliphatic carbocycles. The van der Waals surface area contributed by atoms with Crippen LogP contribution in [0.25, 0.3) is 72.4 Å². The van der Waals surface area contributed by atoms with E-state index in [2.05, 4.69) is 6.33 Å². The molecule has 6 aromatic carbocycles. The summed E-state index contributed by atoms with van der Waals surface area (Å²) in [6, 6.07) is 26.9. The Morgan fingerprint density at radius 2 is 1.40 bits per heavy atom. The summed E-state index contributed by atoms with van der Waals surface area (Å²) < 4.78 is 117. The van der Waals surface area contributed by atoms with E-state index in [1.165, 1.54) is 0 Å². The lowest BCUT2D eigenvalue weighted by Gasteiger charge is -2.18. The van der Waals surface area contributed by atoms with Crippen molar-refractivity contribution in [3.63, 3.8) is 0 Å². The van der Waals surface area contributed by atoms with Crippen LogP contribution in [0.4, 0.5) is 0 Å². The minimum Gasteiger partial charge on any atom is -0.458 e. The van der Waals surface area contributed by atoms with Crippen LogP contribution in [0.5, 0.6) is 11.5 Å². The third kappa shape index (κ3) is 6.48. The normalized spacial score (nSPS) is 14.9. The first-order chi connectivity index (χ1) is 33.3. The molecule has 0 bridgehead atoms. The Hall–Kier alpha value is -7.31. The second-order valence-electron chi connectivity index (χ2n) is 14.7. The van der Waals surface area contributed by atoms with E-state index in [-0.39, 0.29) is 27.9 Å². The molecule has 4 aromatic heterocycles. The smallest absolute Gasteiger partial charge is 0.269 e. The van der Waals surface area contributed by atoms with Crippen molar-refractivity contribution in [2.24, 2.45) is 5.41 Å². The molecule has 0 unspecified atom stereocenters. The summed E-state index contributed by atoms with van der Waals surface area (Å²) in [5.41, 5.74) is 3.05. The number of para-hydroxylation sites is 3. The molecule has 0 atom stereocenters. The van der Waals surface area contributed by atoms with Gasteiger partial charge in [-0.05, 0) is 94.2 Å². The number of pyridine rings is 2. The number of imidazole rings is 1. The fourth-order valence-electron chi connectivity index (χ4n) is 7.37. The molecule has 280 valence electrons. The van der Waals surface area contributed by atoms with Crippen LogP contribution in [0.2, 0.25) is 0 Å². The summed E-state index contributed by atoms with van der Waals surface area (Å²) in [5, 5.41) is 1.77. The van der Waals surface area contributed by atoms with Crippen molar-refractivity contribution in [2.45, 2.75) is 27.1 Å². The monoisotopic (exact) mass is 763 g/mol. The number of aromatic nitrogens is 5. The molecule has 4 heterocycles. The number of ether oxygens (including phenoxy) is 1. The highest BCUT2D eigenvalue weighted by molar-refractivity contribution is 6.08. The minimum absolute atomic E-state index is 0.139. The highest BCUT2D eigenvalue weighted by Crippen LogP contribution is 2.37. The van der Waals surface area contributed by atoms with Crippen molar-refractivity contribution in [1.29, 1.82) is 0 Å². The average molecular weight is 764 g/mol. The molecular formula is C52H41N5O. The molecule has 10 aromatic rings. The molecule has 10 rings (SSSR count). The Morgan fingerprint density at radius 1 is 0.672 bits per heavy atom. The quantitative estimate of drug-likeness (QED) is 0.114. The number of rotatable bonds is 8. The fraction of sp³-hybridized carbons (Fsp3) is 0.0962. The second kappa shape index (κ2) is 14.3. The van der Waals surface area contributed by atoms with Crippen molar-refractivity contribution in [2.75, 3.05) is 0 Å². The van der Waals surface area contributed by atoms with Gasteiger partial charge in [-0.1, -0.05) is 130 Å². The van der Waals surface area contributed by atoms with Gasteiger partial charge in [0.1, 0.15) is 23.0 Å². The molecular weight excluding hydrogens is 711 g/mol. The molecule has 0 amide bonds. The zero-order chi connectivity index (χ0) is 49.7. The van der Waals surface area contributed by atoms with Gasteiger partial charge in [0.05, 0.1) is 41.6 Å². The summed E-state index contributed by atoms with van der Waals surface area (Å²) in [6.07, 6.45) is 5.05. The summed E-state index contributed by atoms with van der Waals surface area (Å²) in [4.78, 5) is 9.41. The first kappa shape index (κ1) is 24.4. The van der Waals surface area contributed by atoms with Crippen molar-refractivity contribution in [3.8, 4) is 50.9 Å². The number of fused-ring (bicyclic) bond motifs is 4. The summed E-state index contributed by atoms with van der Waals surface area (Å²) in [5.74, 6) is 1.44. The lowest BCUT2D eigenvalue weighted by atomic mass is 9.88. The fourth-order valence-corrected chi connectivity index (χ4v) is 7.37. The Morgan fingerprint density at radius 3 is 2.16 bits per heavy atom. The van der Waals surface area contributed by atoms with Crippen LogP contribution < -0.4 is 9.30 Å². The van der Waals surface area contributed by atoms with Gasteiger partial charge in [0.2, 0.25) is 0 Å².